The molecule has 108 valence electrons. The number of hydrogen-bond acceptors (Lipinski definition) is 3. The van der Waals surface area contributed by atoms with Gasteiger partial charge in [-0.05, 0) is 49.3 Å². The quantitative estimate of drug-likeness (QED) is 0.852. The van der Waals surface area contributed by atoms with Gasteiger partial charge in [0.1, 0.15) is 0 Å². The number of carbonyl (C=O) groups excluding carboxylic acids is 1. The van der Waals surface area contributed by atoms with Crippen molar-refractivity contribution in [2.75, 3.05) is 18.5 Å². The van der Waals surface area contributed by atoms with Crippen LogP contribution < -0.4 is 5.32 Å². The summed E-state index contributed by atoms with van der Waals surface area (Å²) >= 11 is 0. The largest absolute Gasteiger partial charge is 0.462 e. The Morgan fingerprint density at radius 2 is 2.05 bits per heavy atom. The molecule has 1 saturated carbocycles. The third-order valence-electron chi connectivity index (χ3n) is 4.49. The van der Waals surface area contributed by atoms with Gasteiger partial charge in [0.2, 0.25) is 0 Å². The molecule has 1 aliphatic heterocycles. The molecule has 3 heteroatoms. The summed E-state index contributed by atoms with van der Waals surface area (Å²) in [5.74, 6) is 0.432. The van der Waals surface area contributed by atoms with Crippen molar-refractivity contribution in [2.45, 2.75) is 44.9 Å². The van der Waals surface area contributed by atoms with Crippen molar-refractivity contribution in [1.82, 2.24) is 0 Å². The first kappa shape index (κ1) is 13.5. The maximum Gasteiger partial charge on any atom is 0.338 e. The highest BCUT2D eigenvalue weighted by Gasteiger charge is 2.20. The van der Waals surface area contributed by atoms with Gasteiger partial charge in [-0.25, -0.2) is 4.79 Å². The van der Waals surface area contributed by atoms with Crippen molar-refractivity contribution in [2.24, 2.45) is 5.92 Å². The summed E-state index contributed by atoms with van der Waals surface area (Å²) in [6.45, 7) is 1.59. The molecule has 0 atom stereocenters. The standard InChI is InChI=1S/C17H23NO2/c19-17(20-12-13-6-2-1-3-7-13)15-8-4-10-16-14(15)9-5-11-18-16/h4,8,10,13,18H,1-3,5-7,9,11-12H2. The second-order valence-corrected chi connectivity index (χ2v) is 5.96. The Hall–Kier alpha value is -1.51. The van der Waals surface area contributed by atoms with E-state index in [1.54, 1.807) is 0 Å². The third-order valence-corrected chi connectivity index (χ3v) is 4.49. The molecule has 0 unspecified atom stereocenters. The van der Waals surface area contributed by atoms with E-state index in [2.05, 4.69) is 5.32 Å². The molecular formula is C17H23NO2. The number of esters is 1. The summed E-state index contributed by atoms with van der Waals surface area (Å²) in [5.41, 5.74) is 2.99. The second kappa shape index (κ2) is 6.29. The Labute approximate surface area is 120 Å². The van der Waals surface area contributed by atoms with Crippen LogP contribution in [0.5, 0.6) is 0 Å². The van der Waals surface area contributed by atoms with Gasteiger partial charge in [-0.1, -0.05) is 25.3 Å². The maximum atomic E-state index is 12.3. The number of fused-ring (bicyclic) bond motifs is 1. The number of carbonyl (C=O) groups is 1. The van der Waals surface area contributed by atoms with Crippen molar-refractivity contribution >= 4 is 11.7 Å². The Morgan fingerprint density at radius 3 is 2.90 bits per heavy atom. The first-order valence-corrected chi connectivity index (χ1v) is 7.87. The van der Waals surface area contributed by atoms with Crippen LogP contribution in [0.1, 0.15) is 54.4 Å². The van der Waals surface area contributed by atoms with E-state index in [9.17, 15) is 4.79 Å². The molecule has 1 heterocycles. The molecule has 1 aromatic rings. The van der Waals surface area contributed by atoms with E-state index < -0.39 is 0 Å². The molecule has 0 saturated heterocycles. The van der Waals surface area contributed by atoms with E-state index in [4.69, 9.17) is 4.74 Å². The number of rotatable bonds is 3. The fourth-order valence-corrected chi connectivity index (χ4v) is 3.33. The Morgan fingerprint density at radius 1 is 1.20 bits per heavy atom. The fourth-order valence-electron chi connectivity index (χ4n) is 3.33. The normalized spacial score (nSPS) is 19.0. The van der Waals surface area contributed by atoms with Crippen LogP contribution in [0.15, 0.2) is 18.2 Å². The molecule has 0 bridgehead atoms. The monoisotopic (exact) mass is 273 g/mol. The fraction of sp³-hybridized carbons (Fsp3) is 0.588. The van der Waals surface area contributed by atoms with Gasteiger partial charge in [0.25, 0.3) is 0 Å². The van der Waals surface area contributed by atoms with E-state index in [1.165, 1.54) is 32.1 Å². The minimum Gasteiger partial charge on any atom is -0.462 e. The second-order valence-electron chi connectivity index (χ2n) is 5.96. The summed E-state index contributed by atoms with van der Waals surface area (Å²) in [6, 6.07) is 5.88. The molecule has 0 radical (unpaired) electrons. The van der Waals surface area contributed by atoms with Crippen LogP contribution in [0.2, 0.25) is 0 Å². The smallest absolute Gasteiger partial charge is 0.338 e. The number of hydrogen-bond donors (Lipinski definition) is 1. The van der Waals surface area contributed by atoms with Crippen LogP contribution in [0.3, 0.4) is 0 Å². The number of anilines is 1. The number of ether oxygens (including phenoxy) is 1. The lowest BCUT2D eigenvalue weighted by Crippen LogP contribution is -2.20. The van der Waals surface area contributed by atoms with Crippen LogP contribution in [-0.4, -0.2) is 19.1 Å². The minimum atomic E-state index is -0.142. The summed E-state index contributed by atoms with van der Waals surface area (Å²) in [5, 5.41) is 3.36. The highest BCUT2D eigenvalue weighted by molar-refractivity contribution is 5.93. The van der Waals surface area contributed by atoms with Gasteiger partial charge in [-0.15, -0.1) is 0 Å². The lowest BCUT2D eigenvalue weighted by atomic mass is 9.90. The van der Waals surface area contributed by atoms with Crippen molar-refractivity contribution in [3.8, 4) is 0 Å². The van der Waals surface area contributed by atoms with Gasteiger partial charge in [0.05, 0.1) is 12.2 Å². The molecule has 1 aromatic carbocycles. The Kier molecular flexibility index (Phi) is 4.24. The van der Waals surface area contributed by atoms with Crippen LogP contribution in [0.4, 0.5) is 5.69 Å². The molecule has 0 amide bonds. The molecule has 2 aliphatic rings. The molecule has 1 N–H and O–H groups in total. The zero-order valence-corrected chi connectivity index (χ0v) is 12.0. The topological polar surface area (TPSA) is 38.3 Å². The average Bonchev–Trinajstić information content (AvgIpc) is 2.53. The molecule has 1 aliphatic carbocycles. The van der Waals surface area contributed by atoms with Crippen molar-refractivity contribution in [3.05, 3.63) is 29.3 Å². The van der Waals surface area contributed by atoms with Crippen LogP contribution in [-0.2, 0) is 11.2 Å². The molecule has 0 aromatic heterocycles. The van der Waals surface area contributed by atoms with Crippen molar-refractivity contribution in [3.63, 3.8) is 0 Å². The highest BCUT2D eigenvalue weighted by atomic mass is 16.5. The SMILES string of the molecule is O=C(OCC1CCCCC1)c1cccc2c1CCCN2. The zero-order valence-electron chi connectivity index (χ0n) is 12.0. The van der Waals surface area contributed by atoms with Gasteiger partial charge < -0.3 is 10.1 Å². The summed E-state index contributed by atoms with van der Waals surface area (Å²) in [6.07, 6.45) is 8.38. The lowest BCUT2D eigenvalue weighted by Gasteiger charge is -2.23. The van der Waals surface area contributed by atoms with Crippen LogP contribution in [0, 0.1) is 5.92 Å². The van der Waals surface area contributed by atoms with E-state index in [0.717, 1.165) is 36.2 Å². The van der Waals surface area contributed by atoms with Gasteiger partial charge in [0, 0.05) is 12.2 Å². The van der Waals surface area contributed by atoms with E-state index in [0.29, 0.717) is 12.5 Å². The van der Waals surface area contributed by atoms with Gasteiger partial charge in [0.15, 0.2) is 0 Å². The van der Waals surface area contributed by atoms with Crippen LogP contribution >= 0.6 is 0 Å². The lowest BCUT2D eigenvalue weighted by molar-refractivity contribution is 0.0409. The van der Waals surface area contributed by atoms with E-state index >= 15 is 0 Å². The zero-order chi connectivity index (χ0) is 13.8. The maximum absolute atomic E-state index is 12.3. The summed E-state index contributed by atoms with van der Waals surface area (Å²) in [4.78, 5) is 12.3. The van der Waals surface area contributed by atoms with Crippen molar-refractivity contribution in [1.29, 1.82) is 0 Å². The van der Waals surface area contributed by atoms with Gasteiger partial charge in [-0.3, -0.25) is 0 Å². The van der Waals surface area contributed by atoms with Gasteiger partial charge >= 0.3 is 5.97 Å². The summed E-state index contributed by atoms with van der Waals surface area (Å²) < 4.78 is 5.57. The van der Waals surface area contributed by atoms with Crippen molar-refractivity contribution < 1.29 is 9.53 Å². The average molecular weight is 273 g/mol. The van der Waals surface area contributed by atoms with Gasteiger partial charge in [-0.2, -0.15) is 0 Å². The predicted molar refractivity (Wildman–Crippen MR) is 80.1 cm³/mol. The molecule has 0 spiro atoms. The first-order chi connectivity index (χ1) is 9.84. The number of benzene rings is 1. The summed E-state index contributed by atoms with van der Waals surface area (Å²) in [7, 11) is 0. The Balaban J connectivity index is 1.64. The molecule has 20 heavy (non-hydrogen) atoms. The molecule has 1 fully saturated rings. The van der Waals surface area contributed by atoms with Crippen LogP contribution in [0.25, 0.3) is 0 Å². The predicted octanol–water partition coefficient (Wildman–Crippen LogP) is 3.78. The van der Waals surface area contributed by atoms with E-state index in [1.807, 2.05) is 18.2 Å². The minimum absolute atomic E-state index is 0.142. The van der Waals surface area contributed by atoms with E-state index in [-0.39, 0.29) is 5.97 Å². The molecule has 3 rings (SSSR count). The highest BCUT2D eigenvalue weighted by Crippen LogP contribution is 2.27. The number of nitrogens with one attached hydrogen (secondary N) is 1. The third kappa shape index (κ3) is 2.97. The molecule has 3 nitrogen and oxygen atoms in total. The first-order valence-electron chi connectivity index (χ1n) is 7.87. The molecular weight excluding hydrogens is 250 g/mol. The Bertz CT molecular complexity index is 478.